The Labute approximate surface area is 155 Å². The summed E-state index contributed by atoms with van der Waals surface area (Å²) in [5, 5.41) is 2.97. The van der Waals surface area contributed by atoms with Gasteiger partial charge in [0.1, 0.15) is 17.2 Å². The first kappa shape index (κ1) is 19.6. The van der Waals surface area contributed by atoms with Crippen LogP contribution < -0.4 is 19.5 Å². The van der Waals surface area contributed by atoms with Crippen LogP contribution in [-0.4, -0.2) is 33.8 Å². The molecule has 2 aromatic carbocycles. The second-order valence-electron chi connectivity index (χ2n) is 6.09. The van der Waals surface area contributed by atoms with E-state index in [1.54, 1.807) is 21.3 Å². The lowest BCUT2D eigenvalue weighted by atomic mass is 10.1. The van der Waals surface area contributed by atoms with E-state index in [2.05, 4.69) is 11.4 Å². The molecule has 0 saturated heterocycles. The van der Waals surface area contributed by atoms with Gasteiger partial charge in [0.2, 0.25) is 5.91 Å². The Kier molecular flexibility index (Phi) is 7.33. The summed E-state index contributed by atoms with van der Waals surface area (Å²) in [5.74, 6) is 2.39. The van der Waals surface area contributed by atoms with Crippen LogP contribution in [0.2, 0.25) is 0 Å². The number of ether oxygens (including phenoxy) is 3. The number of benzene rings is 2. The van der Waals surface area contributed by atoms with E-state index in [-0.39, 0.29) is 5.91 Å². The molecule has 0 aliphatic carbocycles. The number of aryl methyl sites for hydroxylation is 2. The Hall–Kier alpha value is -2.69. The standard InChI is InChI=1S/C21H27NO4/c1-15-5-8-19(25-3)17(13-15)11-12-22-21(23)10-6-16-14-18(24-2)7-9-20(16)26-4/h5,7-9,13-14H,6,10-12H2,1-4H3,(H,22,23). The normalized spacial score (nSPS) is 10.3. The van der Waals surface area contributed by atoms with Gasteiger partial charge < -0.3 is 19.5 Å². The van der Waals surface area contributed by atoms with Crippen LogP contribution in [0.3, 0.4) is 0 Å². The quantitative estimate of drug-likeness (QED) is 0.748. The Balaban J connectivity index is 1.85. The fourth-order valence-electron chi connectivity index (χ4n) is 2.85. The van der Waals surface area contributed by atoms with Gasteiger partial charge in [-0.2, -0.15) is 0 Å². The van der Waals surface area contributed by atoms with Crippen LogP contribution in [0.25, 0.3) is 0 Å². The van der Waals surface area contributed by atoms with E-state index in [0.717, 1.165) is 34.8 Å². The summed E-state index contributed by atoms with van der Waals surface area (Å²) in [7, 11) is 4.91. The highest BCUT2D eigenvalue weighted by Crippen LogP contribution is 2.25. The molecule has 2 rings (SSSR count). The number of nitrogens with one attached hydrogen (secondary N) is 1. The van der Waals surface area contributed by atoms with Crippen LogP contribution in [-0.2, 0) is 17.6 Å². The molecule has 0 heterocycles. The lowest BCUT2D eigenvalue weighted by molar-refractivity contribution is -0.121. The third-order valence-corrected chi connectivity index (χ3v) is 4.26. The van der Waals surface area contributed by atoms with E-state index >= 15 is 0 Å². The Morgan fingerprint density at radius 3 is 2.19 bits per heavy atom. The fraction of sp³-hybridized carbons (Fsp3) is 0.381. The minimum atomic E-state index is 0.0153. The predicted molar refractivity (Wildman–Crippen MR) is 102 cm³/mol. The number of hydrogen-bond donors (Lipinski definition) is 1. The first-order valence-electron chi connectivity index (χ1n) is 8.68. The van der Waals surface area contributed by atoms with Gasteiger partial charge in [-0.3, -0.25) is 4.79 Å². The number of rotatable bonds is 9. The van der Waals surface area contributed by atoms with Crippen LogP contribution in [0.4, 0.5) is 0 Å². The topological polar surface area (TPSA) is 56.8 Å². The highest BCUT2D eigenvalue weighted by Gasteiger charge is 2.09. The lowest BCUT2D eigenvalue weighted by Gasteiger charge is -2.12. The largest absolute Gasteiger partial charge is 0.497 e. The second kappa shape index (κ2) is 9.70. The van der Waals surface area contributed by atoms with Gasteiger partial charge in [0.25, 0.3) is 0 Å². The number of carbonyl (C=O) groups is 1. The van der Waals surface area contributed by atoms with Crippen LogP contribution in [0.15, 0.2) is 36.4 Å². The number of amides is 1. The average Bonchev–Trinajstić information content (AvgIpc) is 2.66. The van der Waals surface area contributed by atoms with Crippen molar-refractivity contribution in [3.05, 3.63) is 53.1 Å². The predicted octanol–water partition coefficient (Wildman–Crippen LogP) is 3.31. The zero-order chi connectivity index (χ0) is 18.9. The summed E-state index contributed by atoms with van der Waals surface area (Å²) in [4.78, 5) is 12.2. The van der Waals surface area contributed by atoms with E-state index in [1.165, 1.54) is 5.56 Å². The van der Waals surface area contributed by atoms with Gasteiger partial charge >= 0.3 is 0 Å². The molecule has 1 amide bonds. The molecule has 0 aliphatic rings. The van der Waals surface area contributed by atoms with Crippen molar-refractivity contribution in [2.75, 3.05) is 27.9 Å². The van der Waals surface area contributed by atoms with Crippen LogP contribution in [0, 0.1) is 6.92 Å². The molecule has 0 fully saturated rings. The molecule has 2 aromatic rings. The van der Waals surface area contributed by atoms with Gasteiger partial charge in [-0.25, -0.2) is 0 Å². The first-order chi connectivity index (χ1) is 12.6. The van der Waals surface area contributed by atoms with Crippen molar-refractivity contribution in [1.82, 2.24) is 5.32 Å². The maximum atomic E-state index is 12.2. The molecule has 1 N–H and O–H groups in total. The number of carbonyl (C=O) groups excluding carboxylic acids is 1. The number of hydrogen-bond acceptors (Lipinski definition) is 4. The second-order valence-corrected chi connectivity index (χ2v) is 6.09. The van der Waals surface area contributed by atoms with Crippen molar-refractivity contribution in [1.29, 1.82) is 0 Å². The third-order valence-electron chi connectivity index (χ3n) is 4.26. The monoisotopic (exact) mass is 357 g/mol. The van der Waals surface area contributed by atoms with Crippen molar-refractivity contribution in [2.45, 2.75) is 26.2 Å². The molecule has 0 unspecified atom stereocenters. The van der Waals surface area contributed by atoms with Crippen molar-refractivity contribution < 1.29 is 19.0 Å². The Bertz CT molecular complexity index is 743. The van der Waals surface area contributed by atoms with E-state index in [4.69, 9.17) is 14.2 Å². The van der Waals surface area contributed by atoms with Gasteiger partial charge in [0, 0.05) is 13.0 Å². The van der Waals surface area contributed by atoms with Crippen molar-refractivity contribution in [3.63, 3.8) is 0 Å². The minimum Gasteiger partial charge on any atom is -0.497 e. The molecular weight excluding hydrogens is 330 g/mol. The molecule has 0 bridgehead atoms. The molecule has 140 valence electrons. The molecule has 0 radical (unpaired) electrons. The zero-order valence-electron chi connectivity index (χ0n) is 15.9. The first-order valence-corrected chi connectivity index (χ1v) is 8.68. The highest BCUT2D eigenvalue weighted by atomic mass is 16.5. The summed E-state index contributed by atoms with van der Waals surface area (Å²) in [6.45, 7) is 2.62. The molecule has 0 atom stereocenters. The molecule has 0 spiro atoms. The lowest BCUT2D eigenvalue weighted by Crippen LogP contribution is -2.26. The summed E-state index contributed by atoms with van der Waals surface area (Å²) in [6, 6.07) is 11.7. The third kappa shape index (κ3) is 5.41. The van der Waals surface area contributed by atoms with E-state index in [1.807, 2.05) is 37.3 Å². The smallest absolute Gasteiger partial charge is 0.220 e. The van der Waals surface area contributed by atoms with Crippen LogP contribution in [0.1, 0.15) is 23.1 Å². The molecule has 0 aliphatic heterocycles. The summed E-state index contributed by atoms with van der Waals surface area (Å²) < 4.78 is 16.0. The molecule has 0 saturated carbocycles. The van der Waals surface area contributed by atoms with Crippen molar-refractivity contribution in [2.24, 2.45) is 0 Å². The Morgan fingerprint density at radius 1 is 0.885 bits per heavy atom. The van der Waals surface area contributed by atoms with Crippen LogP contribution in [0.5, 0.6) is 17.2 Å². The van der Waals surface area contributed by atoms with E-state index in [0.29, 0.717) is 19.4 Å². The van der Waals surface area contributed by atoms with E-state index < -0.39 is 0 Å². The van der Waals surface area contributed by atoms with Gasteiger partial charge in [-0.1, -0.05) is 17.7 Å². The maximum absolute atomic E-state index is 12.2. The highest BCUT2D eigenvalue weighted by molar-refractivity contribution is 5.76. The zero-order valence-corrected chi connectivity index (χ0v) is 15.9. The van der Waals surface area contributed by atoms with Gasteiger partial charge in [-0.15, -0.1) is 0 Å². The summed E-state index contributed by atoms with van der Waals surface area (Å²) in [5.41, 5.74) is 3.24. The average molecular weight is 357 g/mol. The molecular formula is C21H27NO4. The summed E-state index contributed by atoms with van der Waals surface area (Å²) in [6.07, 6.45) is 1.73. The molecule has 0 aromatic heterocycles. The maximum Gasteiger partial charge on any atom is 0.220 e. The molecule has 5 heteroatoms. The minimum absolute atomic E-state index is 0.0153. The van der Waals surface area contributed by atoms with Gasteiger partial charge in [0.15, 0.2) is 0 Å². The number of methoxy groups -OCH3 is 3. The molecule has 5 nitrogen and oxygen atoms in total. The van der Waals surface area contributed by atoms with Crippen LogP contribution >= 0.6 is 0 Å². The molecule has 26 heavy (non-hydrogen) atoms. The fourth-order valence-corrected chi connectivity index (χ4v) is 2.85. The SMILES string of the molecule is COc1ccc(OC)c(CCC(=O)NCCc2cc(C)ccc2OC)c1. The van der Waals surface area contributed by atoms with Crippen molar-refractivity contribution in [3.8, 4) is 17.2 Å². The Morgan fingerprint density at radius 2 is 1.54 bits per heavy atom. The van der Waals surface area contributed by atoms with Gasteiger partial charge in [0.05, 0.1) is 21.3 Å². The summed E-state index contributed by atoms with van der Waals surface area (Å²) >= 11 is 0. The van der Waals surface area contributed by atoms with Gasteiger partial charge in [-0.05, 0) is 55.2 Å². The van der Waals surface area contributed by atoms with E-state index in [9.17, 15) is 4.79 Å². The van der Waals surface area contributed by atoms with Crippen molar-refractivity contribution >= 4 is 5.91 Å².